The van der Waals surface area contributed by atoms with E-state index in [0.717, 1.165) is 6.07 Å². The molecule has 0 spiro atoms. The highest BCUT2D eigenvalue weighted by molar-refractivity contribution is 6.55. The van der Waals surface area contributed by atoms with Crippen LogP contribution in [0.25, 0.3) is 0 Å². The van der Waals surface area contributed by atoms with Crippen LogP contribution in [0.4, 0.5) is 10.1 Å². The number of benzene rings is 1. The van der Waals surface area contributed by atoms with Crippen LogP contribution in [0.3, 0.4) is 0 Å². The molecule has 0 saturated heterocycles. The third-order valence-electron chi connectivity index (χ3n) is 4.81. The minimum Gasteiger partial charge on any atom is -0.478 e. The molecule has 162 valence electrons. The molecule has 1 aliphatic carbocycles. The number of aliphatic carboxylic acids is 1. The number of fused-ring (bicyclic) bond motifs is 1. The van der Waals surface area contributed by atoms with Gasteiger partial charge in [-0.05, 0) is 38.2 Å². The molecule has 2 amide bonds. The van der Waals surface area contributed by atoms with E-state index in [0.29, 0.717) is 24.8 Å². The highest BCUT2D eigenvalue weighted by atomic mass is 35.5. The summed E-state index contributed by atoms with van der Waals surface area (Å²) in [6, 6.07) is 2.34. The van der Waals surface area contributed by atoms with Crippen molar-refractivity contribution in [1.29, 1.82) is 0 Å². The van der Waals surface area contributed by atoms with E-state index in [1.165, 1.54) is 12.1 Å². The van der Waals surface area contributed by atoms with Gasteiger partial charge in [0.1, 0.15) is 4.49 Å². The van der Waals surface area contributed by atoms with Crippen LogP contribution in [0.1, 0.15) is 43.6 Å². The zero-order chi connectivity index (χ0) is 21.1. The molecule has 3 rings (SSSR count). The second-order valence-electron chi connectivity index (χ2n) is 6.64. The lowest BCUT2D eigenvalue weighted by Gasteiger charge is -2.25. The number of hydrogen-bond acceptors (Lipinski definition) is 5. The highest BCUT2D eigenvalue weighted by Gasteiger charge is 2.31. The summed E-state index contributed by atoms with van der Waals surface area (Å²) >= 11 is 11.2. The number of allylic oxidation sites excluding steroid dienone is 1. The van der Waals surface area contributed by atoms with Gasteiger partial charge in [0.15, 0.2) is 11.6 Å². The van der Waals surface area contributed by atoms with Gasteiger partial charge in [0.25, 0.3) is 11.8 Å². The number of halogens is 3. The summed E-state index contributed by atoms with van der Waals surface area (Å²) in [5.41, 5.74) is 2.51. The molecule has 8 nitrogen and oxygen atoms in total. The summed E-state index contributed by atoms with van der Waals surface area (Å²) in [6.07, 6.45) is 3.50. The first kappa shape index (κ1) is 23.7. The minimum absolute atomic E-state index is 0. The van der Waals surface area contributed by atoms with Crippen molar-refractivity contribution in [3.05, 3.63) is 45.2 Å². The molecule has 1 heterocycles. The van der Waals surface area contributed by atoms with E-state index in [9.17, 15) is 23.9 Å². The van der Waals surface area contributed by atoms with Gasteiger partial charge in [-0.25, -0.2) is 9.18 Å². The molecule has 1 atom stereocenters. The van der Waals surface area contributed by atoms with E-state index in [2.05, 4.69) is 10.8 Å². The van der Waals surface area contributed by atoms with Gasteiger partial charge in [0.05, 0.1) is 11.6 Å². The largest absolute Gasteiger partial charge is 0.478 e. The van der Waals surface area contributed by atoms with Crippen LogP contribution in [-0.2, 0) is 14.4 Å². The van der Waals surface area contributed by atoms with E-state index in [1.807, 2.05) is 0 Å². The van der Waals surface area contributed by atoms with Gasteiger partial charge in [-0.1, -0.05) is 29.3 Å². The van der Waals surface area contributed by atoms with Crippen LogP contribution in [0.5, 0.6) is 5.75 Å². The Labute approximate surface area is 181 Å². The fourth-order valence-corrected chi connectivity index (χ4v) is 3.55. The summed E-state index contributed by atoms with van der Waals surface area (Å²) in [6.45, 7) is 0. The first-order valence-electron chi connectivity index (χ1n) is 8.86. The Morgan fingerprint density at radius 1 is 1.27 bits per heavy atom. The third kappa shape index (κ3) is 5.10. The van der Waals surface area contributed by atoms with Crippen molar-refractivity contribution in [2.45, 2.75) is 38.0 Å². The monoisotopic (exact) mass is 459 g/mol. The topological polar surface area (TPSA) is 140 Å². The molecular formula is C19H20Cl2FN3O5. The number of hydroxylamine groups is 1. The van der Waals surface area contributed by atoms with Crippen LogP contribution >= 0.6 is 23.2 Å². The van der Waals surface area contributed by atoms with Crippen molar-refractivity contribution in [3.8, 4) is 5.75 Å². The standard InChI is InChI=1S/C19H17Cl2FN2O5.H3N/c20-16(21)6-5-10-12-7-14(13(22)8-15(12)29-24-18(10)26)23-17(25)9-3-1-2-4-11(9)19(27)28;/h6-8,10H,1-5H2,(H,23,25)(H,24,26)(H,27,28);1H3. The molecule has 0 saturated carbocycles. The van der Waals surface area contributed by atoms with Gasteiger partial charge in [-0.3, -0.25) is 9.59 Å². The fraction of sp³-hybridized carbons (Fsp3) is 0.316. The van der Waals surface area contributed by atoms with E-state index >= 15 is 0 Å². The maximum absolute atomic E-state index is 14.5. The summed E-state index contributed by atoms with van der Waals surface area (Å²) in [5, 5.41) is 11.7. The average Bonchev–Trinajstić information content (AvgIpc) is 2.68. The normalized spacial score (nSPS) is 17.7. The quantitative estimate of drug-likeness (QED) is 0.522. The number of carbonyl (C=O) groups excluding carboxylic acids is 2. The van der Waals surface area contributed by atoms with E-state index in [-0.39, 0.29) is 46.1 Å². The van der Waals surface area contributed by atoms with E-state index in [4.69, 9.17) is 28.0 Å². The van der Waals surface area contributed by atoms with Crippen molar-refractivity contribution in [1.82, 2.24) is 11.6 Å². The molecule has 0 aromatic heterocycles. The molecule has 30 heavy (non-hydrogen) atoms. The lowest BCUT2D eigenvalue weighted by Crippen LogP contribution is -2.37. The van der Waals surface area contributed by atoms with Crippen LogP contribution in [0.15, 0.2) is 33.8 Å². The molecular weight excluding hydrogens is 440 g/mol. The van der Waals surface area contributed by atoms with E-state index < -0.39 is 29.5 Å². The number of hydrogen-bond donors (Lipinski definition) is 4. The number of carbonyl (C=O) groups is 3. The number of rotatable bonds is 5. The molecule has 1 aromatic rings. The maximum Gasteiger partial charge on any atom is 0.332 e. The molecule has 0 bridgehead atoms. The van der Waals surface area contributed by atoms with Crippen LogP contribution in [0, 0.1) is 5.82 Å². The SMILES string of the molecule is N.O=C(O)C1=C(C(=O)Nc2cc3c(cc2F)ONC(=O)C3CC=C(Cl)Cl)CCCC1. The predicted molar refractivity (Wildman–Crippen MR) is 109 cm³/mol. The molecule has 0 radical (unpaired) electrons. The Balaban J connectivity index is 0.00000320. The summed E-state index contributed by atoms with van der Waals surface area (Å²) in [7, 11) is 0. The Morgan fingerprint density at radius 2 is 1.93 bits per heavy atom. The number of amides is 2. The molecule has 1 unspecified atom stereocenters. The van der Waals surface area contributed by atoms with Crippen LogP contribution in [0.2, 0.25) is 0 Å². The molecule has 2 aliphatic rings. The lowest BCUT2D eigenvalue weighted by atomic mass is 9.90. The Hall–Kier alpha value is -2.62. The van der Waals surface area contributed by atoms with Crippen molar-refractivity contribution >= 4 is 46.7 Å². The number of carboxylic acids is 1. The van der Waals surface area contributed by atoms with Gasteiger partial charge in [0, 0.05) is 22.8 Å². The number of nitrogens with one attached hydrogen (secondary N) is 2. The average molecular weight is 460 g/mol. The first-order valence-corrected chi connectivity index (χ1v) is 9.61. The Morgan fingerprint density at radius 3 is 2.57 bits per heavy atom. The Bertz CT molecular complexity index is 944. The second-order valence-corrected chi connectivity index (χ2v) is 7.65. The zero-order valence-electron chi connectivity index (χ0n) is 15.8. The van der Waals surface area contributed by atoms with E-state index in [1.54, 1.807) is 0 Å². The zero-order valence-corrected chi connectivity index (χ0v) is 17.3. The fourth-order valence-electron chi connectivity index (χ4n) is 3.38. The van der Waals surface area contributed by atoms with Crippen molar-refractivity contribution in [2.75, 3.05) is 5.32 Å². The summed E-state index contributed by atoms with van der Waals surface area (Å²) < 4.78 is 14.5. The third-order valence-corrected chi connectivity index (χ3v) is 5.12. The van der Waals surface area contributed by atoms with Gasteiger partial charge >= 0.3 is 5.97 Å². The molecule has 6 N–H and O–H groups in total. The van der Waals surface area contributed by atoms with Crippen LogP contribution in [-0.4, -0.2) is 22.9 Å². The van der Waals surface area contributed by atoms with Crippen molar-refractivity contribution in [3.63, 3.8) is 0 Å². The smallest absolute Gasteiger partial charge is 0.332 e. The van der Waals surface area contributed by atoms with Gasteiger partial charge < -0.3 is 21.4 Å². The maximum atomic E-state index is 14.5. The van der Waals surface area contributed by atoms with Crippen LogP contribution < -0.4 is 21.8 Å². The molecule has 1 aromatic carbocycles. The summed E-state index contributed by atoms with van der Waals surface area (Å²) in [5.74, 6) is -3.77. The predicted octanol–water partition coefficient (Wildman–Crippen LogP) is 4.10. The molecule has 0 fully saturated rings. The van der Waals surface area contributed by atoms with Gasteiger partial charge in [0.2, 0.25) is 0 Å². The van der Waals surface area contributed by atoms with Crippen molar-refractivity contribution < 1.29 is 28.7 Å². The number of anilines is 1. The first-order chi connectivity index (χ1) is 13.8. The minimum atomic E-state index is -1.16. The molecule has 11 heteroatoms. The highest BCUT2D eigenvalue weighted by Crippen LogP contribution is 2.37. The van der Waals surface area contributed by atoms with Gasteiger partial charge in [-0.15, -0.1) is 0 Å². The second kappa shape index (κ2) is 9.92. The molecule has 1 aliphatic heterocycles. The Kier molecular flexibility index (Phi) is 7.83. The lowest BCUT2D eigenvalue weighted by molar-refractivity contribution is -0.133. The van der Waals surface area contributed by atoms with Crippen molar-refractivity contribution in [2.24, 2.45) is 0 Å². The summed E-state index contributed by atoms with van der Waals surface area (Å²) in [4.78, 5) is 41.2. The number of carboxylic acid groups (broad SMARTS) is 1. The van der Waals surface area contributed by atoms with Gasteiger partial charge in [-0.2, -0.15) is 5.48 Å².